The van der Waals surface area contributed by atoms with Gasteiger partial charge in [0.1, 0.15) is 0 Å². The van der Waals surface area contributed by atoms with E-state index in [1.807, 2.05) is 0 Å². The number of carbonyl (C=O) groups excluding carboxylic acids is 1. The maximum Gasteiger partial charge on any atom is 0.221 e. The molecule has 4 nitrogen and oxygen atoms in total. The molecule has 17 heavy (non-hydrogen) atoms. The highest BCUT2D eigenvalue weighted by Gasteiger charge is 2.28. The average Bonchev–Trinajstić information content (AvgIpc) is 2.55. The summed E-state index contributed by atoms with van der Waals surface area (Å²) in [5.41, 5.74) is 0. The highest BCUT2D eigenvalue weighted by Crippen LogP contribution is 2.24. The number of rotatable bonds is 3. The summed E-state index contributed by atoms with van der Waals surface area (Å²) in [5, 5.41) is 12.0. The molecular formula is C13H24N2O2. The molecule has 2 aliphatic rings. The van der Waals surface area contributed by atoms with Crippen molar-refractivity contribution < 1.29 is 9.90 Å². The van der Waals surface area contributed by atoms with Crippen LogP contribution in [0, 0.1) is 5.92 Å². The molecule has 2 aliphatic heterocycles. The quantitative estimate of drug-likeness (QED) is 0.765. The van der Waals surface area contributed by atoms with Crippen molar-refractivity contribution in [2.24, 2.45) is 5.92 Å². The third-order valence-electron chi connectivity index (χ3n) is 4.06. The van der Waals surface area contributed by atoms with Gasteiger partial charge in [-0.2, -0.15) is 0 Å². The van der Waals surface area contributed by atoms with Crippen LogP contribution in [0.2, 0.25) is 0 Å². The van der Waals surface area contributed by atoms with Crippen LogP contribution in [0.25, 0.3) is 0 Å². The molecule has 2 heterocycles. The van der Waals surface area contributed by atoms with Gasteiger partial charge in [0.15, 0.2) is 0 Å². The lowest BCUT2D eigenvalue weighted by molar-refractivity contribution is -0.121. The number of hydrogen-bond acceptors (Lipinski definition) is 3. The molecule has 0 saturated carbocycles. The van der Waals surface area contributed by atoms with Crippen molar-refractivity contribution >= 4 is 5.91 Å². The first kappa shape index (κ1) is 12.8. The summed E-state index contributed by atoms with van der Waals surface area (Å²) in [7, 11) is 0. The normalized spacial score (nSPS) is 31.9. The fraction of sp³-hybridized carbons (Fsp3) is 0.923. The SMILES string of the molecule is O=C1CC(N2CCCC(CCO)C2)CCCN1. The number of piperidine rings is 1. The van der Waals surface area contributed by atoms with E-state index in [1.165, 1.54) is 12.8 Å². The van der Waals surface area contributed by atoms with Crippen molar-refractivity contribution in [3.63, 3.8) is 0 Å². The molecular weight excluding hydrogens is 216 g/mol. The number of nitrogens with zero attached hydrogens (tertiary/aromatic N) is 1. The summed E-state index contributed by atoms with van der Waals surface area (Å²) in [5.74, 6) is 0.830. The summed E-state index contributed by atoms with van der Waals surface area (Å²) in [6.07, 6.45) is 6.24. The van der Waals surface area contributed by atoms with Crippen molar-refractivity contribution in [3.8, 4) is 0 Å². The van der Waals surface area contributed by atoms with E-state index in [0.717, 1.165) is 38.9 Å². The van der Waals surface area contributed by atoms with Gasteiger partial charge in [-0.1, -0.05) is 0 Å². The molecule has 0 radical (unpaired) electrons. The highest BCUT2D eigenvalue weighted by molar-refractivity contribution is 5.76. The fourth-order valence-electron chi connectivity index (χ4n) is 3.11. The molecule has 4 heteroatoms. The maximum absolute atomic E-state index is 11.6. The zero-order valence-electron chi connectivity index (χ0n) is 10.5. The van der Waals surface area contributed by atoms with Gasteiger partial charge < -0.3 is 10.4 Å². The lowest BCUT2D eigenvalue weighted by Gasteiger charge is -2.37. The number of aliphatic hydroxyl groups is 1. The maximum atomic E-state index is 11.6. The number of likely N-dealkylation sites (tertiary alicyclic amines) is 1. The zero-order chi connectivity index (χ0) is 12.1. The van der Waals surface area contributed by atoms with Gasteiger partial charge in [-0.3, -0.25) is 9.69 Å². The minimum absolute atomic E-state index is 0.205. The molecule has 0 aromatic rings. The van der Waals surface area contributed by atoms with E-state index >= 15 is 0 Å². The summed E-state index contributed by atoms with van der Waals surface area (Å²) < 4.78 is 0. The van der Waals surface area contributed by atoms with Crippen LogP contribution >= 0.6 is 0 Å². The van der Waals surface area contributed by atoms with Crippen molar-refractivity contribution in [3.05, 3.63) is 0 Å². The number of nitrogens with one attached hydrogen (secondary N) is 1. The predicted molar refractivity (Wildman–Crippen MR) is 66.6 cm³/mol. The van der Waals surface area contributed by atoms with Crippen LogP contribution in [-0.2, 0) is 4.79 Å². The first-order valence-electron chi connectivity index (χ1n) is 6.91. The molecule has 2 saturated heterocycles. The van der Waals surface area contributed by atoms with E-state index in [4.69, 9.17) is 5.11 Å². The van der Waals surface area contributed by atoms with Crippen LogP contribution in [0.15, 0.2) is 0 Å². The molecule has 0 bridgehead atoms. The molecule has 0 spiro atoms. The molecule has 0 aromatic carbocycles. The minimum atomic E-state index is 0.205. The van der Waals surface area contributed by atoms with Crippen LogP contribution in [0.3, 0.4) is 0 Å². The lowest BCUT2D eigenvalue weighted by Crippen LogP contribution is -2.44. The third kappa shape index (κ3) is 3.68. The van der Waals surface area contributed by atoms with Crippen LogP contribution in [0.1, 0.15) is 38.5 Å². The van der Waals surface area contributed by atoms with Crippen LogP contribution in [0.4, 0.5) is 0 Å². The van der Waals surface area contributed by atoms with Gasteiger partial charge in [-0.25, -0.2) is 0 Å². The number of hydrogen-bond donors (Lipinski definition) is 2. The second-order valence-electron chi connectivity index (χ2n) is 5.37. The molecule has 2 fully saturated rings. The number of amides is 1. The fourth-order valence-corrected chi connectivity index (χ4v) is 3.11. The van der Waals surface area contributed by atoms with E-state index in [9.17, 15) is 4.79 Å². The second-order valence-corrected chi connectivity index (χ2v) is 5.37. The van der Waals surface area contributed by atoms with Crippen LogP contribution in [0.5, 0.6) is 0 Å². The summed E-state index contributed by atoms with van der Waals surface area (Å²) in [4.78, 5) is 14.0. The number of aliphatic hydroxyl groups excluding tert-OH is 1. The first-order chi connectivity index (χ1) is 8.29. The lowest BCUT2D eigenvalue weighted by atomic mass is 9.93. The Bertz CT molecular complexity index is 256. The Morgan fingerprint density at radius 2 is 2.24 bits per heavy atom. The smallest absolute Gasteiger partial charge is 0.221 e. The van der Waals surface area contributed by atoms with E-state index in [-0.39, 0.29) is 5.91 Å². The Morgan fingerprint density at radius 1 is 1.35 bits per heavy atom. The Kier molecular flexibility index (Phi) is 4.80. The van der Waals surface area contributed by atoms with Crippen LogP contribution < -0.4 is 5.32 Å². The van der Waals surface area contributed by atoms with Crippen molar-refractivity contribution in [2.45, 2.75) is 44.6 Å². The van der Waals surface area contributed by atoms with Crippen molar-refractivity contribution in [1.29, 1.82) is 0 Å². The summed E-state index contributed by atoms with van der Waals surface area (Å²) in [6.45, 7) is 3.32. The number of carbonyl (C=O) groups is 1. The standard InChI is InChI=1S/C13H24N2O2/c16-8-5-11-3-2-7-15(10-11)12-4-1-6-14-13(17)9-12/h11-12,16H,1-10H2,(H,14,17). The van der Waals surface area contributed by atoms with Gasteiger partial charge >= 0.3 is 0 Å². The zero-order valence-corrected chi connectivity index (χ0v) is 10.5. The molecule has 2 unspecified atom stereocenters. The van der Waals surface area contributed by atoms with E-state index in [0.29, 0.717) is 25.0 Å². The van der Waals surface area contributed by atoms with Gasteiger partial charge in [-0.05, 0) is 44.6 Å². The Labute approximate surface area is 103 Å². The predicted octanol–water partition coefficient (Wildman–Crippen LogP) is 0.750. The van der Waals surface area contributed by atoms with Crippen molar-refractivity contribution in [1.82, 2.24) is 10.2 Å². The van der Waals surface area contributed by atoms with Crippen molar-refractivity contribution in [2.75, 3.05) is 26.2 Å². The van der Waals surface area contributed by atoms with Gasteiger partial charge in [0.25, 0.3) is 0 Å². The van der Waals surface area contributed by atoms with Gasteiger partial charge in [0.2, 0.25) is 5.91 Å². The van der Waals surface area contributed by atoms with Crippen LogP contribution in [-0.4, -0.2) is 48.2 Å². The molecule has 2 atom stereocenters. The van der Waals surface area contributed by atoms with Gasteiger partial charge in [0.05, 0.1) is 0 Å². The first-order valence-corrected chi connectivity index (χ1v) is 6.91. The second kappa shape index (κ2) is 6.36. The topological polar surface area (TPSA) is 52.6 Å². The summed E-state index contributed by atoms with van der Waals surface area (Å²) >= 11 is 0. The Morgan fingerprint density at radius 3 is 3.06 bits per heavy atom. The monoisotopic (exact) mass is 240 g/mol. The van der Waals surface area contributed by atoms with Gasteiger partial charge in [-0.15, -0.1) is 0 Å². The molecule has 0 aromatic heterocycles. The van der Waals surface area contributed by atoms with E-state index in [1.54, 1.807) is 0 Å². The molecule has 2 rings (SSSR count). The van der Waals surface area contributed by atoms with E-state index in [2.05, 4.69) is 10.2 Å². The Balaban J connectivity index is 1.88. The minimum Gasteiger partial charge on any atom is -0.396 e. The largest absolute Gasteiger partial charge is 0.396 e. The average molecular weight is 240 g/mol. The van der Waals surface area contributed by atoms with Gasteiger partial charge in [0, 0.05) is 32.2 Å². The highest BCUT2D eigenvalue weighted by atomic mass is 16.3. The molecule has 2 N–H and O–H groups in total. The van der Waals surface area contributed by atoms with E-state index < -0.39 is 0 Å². The molecule has 98 valence electrons. The molecule has 1 amide bonds. The molecule has 0 aliphatic carbocycles. The summed E-state index contributed by atoms with van der Waals surface area (Å²) in [6, 6.07) is 0.430. The Hall–Kier alpha value is -0.610. The third-order valence-corrected chi connectivity index (χ3v) is 4.06.